The molecule has 0 aromatic carbocycles. The maximum Gasteiger partial charge on any atom is 0.326 e. The third-order valence-corrected chi connectivity index (χ3v) is 3.09. The van der Waals surface area contributed by atoms with E-state index in [1.54, 1.807) is 7.05 Å². The molecule has 1 heterocycles. The minimum absolute atomic E-state index is 0.0203. The Morgan fingerprint density at radius 2 is 2.10 bits per heavy atom. The van der Waals surface area contributed by atoms with Crippen molar-refractivity contribution in [1.29, 1.82) is 0 Å². The number of carboxylic acids is 2. The van der Waals surface area contributed by atoms with E-state index in [-0.39, 0.29) is 18.9 Å². The first-order chi connectivity index (χ1) is 9.40. The fourth-order valence-corrected chi connectivity index (χ4v) is 1.96. The highest BCUT2D eigenvalue weighted by molar-refractivity contribution is 5.83. The second kappa shape index (κ2) is 7.68. The monoisotopic (exact) mass is 288 g/mol. The number of carboxylic acid groups (broad SMARTS) is 2. The molecule has 1 aliphatic heterocycles. The standard InChI is InChI=1S/C12H20N2O6/c1-14(7-8-3-2-6-20-8)12(19)13-9(11(17)18)4-5-10(15)16/h8-9H,2-7H2,1H3,(H,13,19)(H,15,16)(H,17,18). The number of nitrogens with zero attached hydrogens (tertiary/aromatic N) is 1. The Kier molecular flexibility index (Phi) is 6.23. The van der Waals surface area contributed by atoms with Crippen LogP contribution in [-0.2, 0) is 14.3 Å². The van der Waals surface area contributed by atoms with Gasteiger partial charge in [0.2, 0.25) is 0 Å². The van der Waals surface area contributed by atoms with Gasteiger partial charge in [0.15, 0.2) is 0 Å². The van der Waals surface area contributed by atoms with Gasteiger partial charge >= 0.3 is 18.0 Å². The van der Waals surface area contributed by atoms with Crippen molar-refractivity contribution in [2.75, 3.05) is 20.2 Å². The van der Waals surface area contributed by atoms with E-state index in [0.717, 1.165) is 12.8 Å². The van der Waals surface area contributed by atoms with Gasteiger partial charge in [-0.1, -0.05) is 0 Å². The van der Waals surface area contributed by atoms with Gasteiger partial charge in [-0.15, -0.1) is 0 Å². The summed E-state index contributed by atoms with van der Waals surface area (Å²) in [4.78, 5) is 34.6. The predicted molar refractivity (Wildman–Crippen MR) is 68.4 cm³/mol. The van der Waals surface area contributed by atoms with Gasteiger partial charge in [0, 0.05) is 26.6 Å². The van der Waals surface area contributed by atoms with Crippen LogP contribution in [0, 0.1) is 0 Å². The molecule has 0 aromatic heterocycles. The van der Waals surface area contributed by atoms with Crippen molar-refractivity contribution < 1.29 is 29.3 Å². The molecule has 8 heteroatoms. The predicted octanol–water partition coefficient (Wildman–Crippen LogP) is 0.125. The highest BCUT2D eigenvalue weighted by Gasteiger charge is 2.25. The second-order valence-electron chi connectivity index (χ2n) is 4.79. The molecule has 20 heavy (non-hydrogen) atoms. The Morgan fingerprint density at radius 3 is 2.60 bits per heavy atom. The molecular formula is C12H20N2O6. The molecule has 2 amide bonds. The molecule has 0 spiro atoms. The summed E-state index contributed by atoms with van der Waals surface area (Å²) in [5.74, 6) is -2.34. The van der Waals surface area contributed by atoms with Crippen LogP contribution in [0.2, 0.25) is 0 Å². The number of hydrogen-bond acceptors (Lipinski definition) is 4. The van der Waals surface area contributed by atoms with Gasteiger partial charge < -0.3 is 25.2 Å². The third kappa shape index (κ3) is 5.43. The summed E-state index contributed by atoms with van der Waals surface area (Å²) in [6, 6.07) is -1.75. The Balaban J connectivity index is 2.42. The van der Waals surface area contributed by atoms with Gasteiger partial charge in [-0.2, -0.15) is 0 Å². The van der Waals surface area contributed by atoms with Crippen LogP contribution < -0.4 is 5.32 Å². The fraction of sp³-hybridized carbons (Fsp3) is 0.750. The minimum atomic E-state index is -1.25. The summed E-state index contributed by atoms with van der Waals surface area (Å²) < 4.78 is 5.39. The first-order valence-electron chi connectivity index (χ1n) is 6.48. The van der Waals surface area contributed by atoms with Gasteiger partial charge in [-0.05, 0) is 19.3 Å². The Bertz CT molecular complexity index is 367. The lowest BCUT2D eigenvalue weighted by molar-refractivity contribution is -0.140. The highest BCUT2D eigenvalue weighted by Crippen LogP contribution is 2.12. The van der Waals surface area contributed by atoms with Crippen molar-refractivity contribution >= 4 is 18.0 Å². The van der Waals surface area contributed by atoms with E-state index >= 15 is 0 Å². The molecule has 0 bridgehead atoms. The van der Waals surface area contributed by atoms with E-state index in [0.29, 0.717) is 13.2 Å². The summed E-state index contributed by atoms with van der Waals surface area (Å²) in [5.41, 5.74) is 0. The molecular weight excluding hydrogens is 268 g/mol. The Hall–Kier alpha value is -1.83. The van der Waals surface area contributed by atoms with Crippen LogP contribution in [0.3, 0.4) is 0 Å². The van der Waals surface area contributed by atoms with Crippen LogP contribution in [0.1, 0.15) is 25.7 Å². The van der Waals surface area contributed by atoms with Crippen LogP contribution >= 0.6 is 0 Å². The molecule has 0 radical (unpaired) electrons. The van der Waals surface area contributed by atoms with E-state index < -0.39 is 24.0 Å². The zero-order chi connectivity index (χ0) is 15.1. The topological polar surface area (TPSA) is 116 Å². The van der Waals surface area contributed by atoms with Crippen molar-refractivity contribution in [1.82, 2.24) is 10.2 Å². The molecule has 0 aliphatic carbocycles. The molecule has 3 N–H and O–H groups in total. The summed E-state index contributed by atoms with van der Waals surface area (Å²) in [7, 11) is 1.55. The van der Waals surface area contributed by atoms with Crippen molar-refractivity contribution in [2.45, 2.75) is 37.8 Å². The van der Waals surface area contributed by atoms with E-state index in [1.807, 2.05) is 0 Å². The molecule has 8 nitrogen and oxygen atoms in total. The van der Waals surface area contributed by atoms with Crippen molar-refractivity contribution in [3.05, 3.63) is 0 Å². The van der Waals surface area contributed by atoms with E-state index in [1.165, 1.54) is 4.90 Å². The van der Waals surface area contributed by atoms with E-state index in [9.17, 15) is 14.4 Å². The van der Waals surface area contributed by atoms with Crippen LogP contribution in [0.15, 0.2) is 0 Å². The summed E-state index contributed by atoms with van der Waals surface area (Å²) >= 11 is 0. The smallest absolute Gasteiger partial charge is 0.326 e. The van der Waals surface area contributed by atoms with Crippen molar-refractivity contribution in [3.63, 3.8) is 0 Å². The number of amides is 2. The van der Waals surface area contributed by atoms with Gasteiger partial charge in [-0.3, -0.25) is 4.79 Å². The van der Waals surface area contributed by atoms with Gasteiger partial charge in [0.25, 0.3) is 0 Å². The zero-order valence-corrected chi connectivity index (χ0v) is 11.4. The third-order valence-electron chi connectivity index (χ3n) is 3.09. The molecule has 2 atom stereocenters. The highest BCUT2D eigenvalue weighted by atomic mass is 16.5. The largest absolute Gasteiger partial charge is 0.481 e. The Labute approximate surface area is 116 Å². The first-order valence-corrected chi connectivity index (χ1v) is 6.48. The number of hydrogen-bond donors (Lipinski definition) is 3. The number of rotatable bonds is 7. The number of aliphatic carboxylic acids is 2. The van der Waals surface area contributed by atoms with Crippen LogP contribution in [0.25, 0.3) is 0 Å². The van der Waals surface area contributed by atoms with Crippen molar-refractivity contribution in [3.8, 4) is 0 Å². The maximum absolute atomic E-state index is 11.8. The average Bonchev–Trinajstić information content (AvgIpc) is 2.86. The fourth-order valence-electron chi connectivity index (χ4n) is 1.96. The SMILES string of the molecule is CN(CC1CCCO1)C(=O)NC(CCC(=O)O)C(=O)O. The molecule has 1 rings (SSSR count). The molecule has 1 fully saturated rings. The zero-order valence-electron chi connectivity index (χ0n) is 11.4. The maximum atomic E-state index is 11.8. The lowest BCUT2D eigenvalue weighted by atomic mass is 10.1. The average molecular weight is 288 g/mol. The number of likely N-dealkylation sites (N-methyl/N-ethyl adjacent to an activating group) is 1. The first kappa shape index (κ1) is 16.2. The van der Waals surface area contributed by atoms with Gasteiger partial charge in [0.05, 0.1) is 6.10 Å². The normalized spacial score (nSPS) is 19.4. The summed E-state index contributed by atoms with van der Waals surface area (Å²) in [6.45, 7) is 1.06. The van der Waals surface area contributed by atoms with Gasteiger partial charge in [0.1, 0.15) is 6.04 Å². The number of urea groups is 1. The van der Waals surface area contributed by atoms with E-state index in [2.05, 4.69) is 5.32 Å². The number of nitrogens with one attached hydrogen (secondary N) is 1. The number of carbonyl (C=O) groups excluding carboxylic acids is 1. The number of ether oxygens (including phenoxy) is 1. The van der Waals surface area contributed by atoms with Crippen LogP contribution in [-0.4, -0.2) is 65.4 Å². The quantitative estimate of drug-likeness (QED) is 0.613. The number of carbonyl (C=O) groups is 3. The molecule has 0 aromatic rings. The summed E-state index contributed by atoms with van der Waals surface area (Å²) in [6.07, 6.45) is 1.35. The minimum Gasteiger partial charge on any atom is -0.481 e. The molecule has 114 valence electrons. The molecule has 0 saturated carbocycles. The van der Waals surface area contributed by atoms with Crippen molar-refractivity contribution in [2.24, 2.45) is 0 Å². The lowest BCUT2D eigenvalue weighted by Crippen LogP contribution is -2.48. The Morgan fingerprint density at radius 1 is 1.40 bits per heavy atom. The van der Waals surface area contributed by atoms with Crippen LogP contribution in [0.4, 0.5) is 4.79 Å². The van der Waals surface area contributed by atoms with E-state index in [4.69, 9.17) is 14.9 Å². The molecule has 2 unspecified atom stereocenters. The van der Waals surface area contributed by atoms with Crippen LogP contribution in [0.5, 0.6) is 0 Å². The van der Waals surface area contributed by atoms with Gasteiger partial charge in [-0.25, -0.2) is 9.59 Å². The summed E-state index contributed by atoms with van der Waals surface area (Å²) in [5, 5.41) is 19.8. The molecule has 1 aliphatic rings. The molecule has 1 saturated heterocycles. The lowest BCUT2D eigenvalue weighted by Gasteiger charge is -2.23. The second-order valence-corrected chi connectivity index (χ2v) is 4.79.